The average Bonchev–Trinajstić information content (AvgIpc) is 4.47. The number of hydrogen-bond donors (Lipinski definition) is 1. The second-order valence-corrected chi connectivity index (χ2v) is 16.6. The minimum Gasteiger partial charge on any atom is -0.497 e. The second-order valence-electron chi connectivity index (χ2n) is 16.6. The molecule has 2 aliphatic heterocycles. The number of methoxy groups -OCH3 is 1. The van der Waals surface area contributed by atoms with E-state index in [0.29, 0.717) is 26.2 Å². The molecule has 0 radical (unpaired) electrons. The van der Waals surface area contributed by atoms with Gasteiger partial charge in [-0.25, -0.2) is 0 Å². The van der Waals surface area contributed by atoms with E-state index < -0.39 is 6.10 Å². The molecule has 0 amide bonds. The Bertz CT molecular complexity index is 2280. The predicted octanol–water partition coefficient (Wildman–Crippen LogP) is 17.5. The number of aliphatic hydroxyl groups is 1. The van der Waals surface area contributed by atoms with E-state index in [-0.39, 0.29) is 23.0 Å². The van der Waals surface area contributed by atoms with Gasteiger partial charge in [-0.1, -0.05) is 215 Å². The van der Waals surface area contributed by atoms with Gasteiger partial charge in [0.15, 0.2) is 0 Å². The summed E-state index contributed by atoms with van der Waals surface area (Å²) in [6.07, 6.45) is 4.73. The standard InChI is InChI=1S/C28H30O4.C25H24O3.8C2H6/c1-2-24(29)17-30-25-11-7-22(8-12-25)28(15-20-5-3-4-6-21(20)16-28)23-9-13-26(14-10-23)31-18-27-19-32-27;1-26-22-10-6-20(7-11-22)25(14-18-4-2-3-5-19(18)15-25)21-8-12-23(13-9-21)27-16-24-17-28-24;8*1-2/h3-14,24,27,29H,2,15-19H2,1H3;2-13,24H,14-17H2,1H3;8*1-2H3. The van der Waals surface area contributed by atoms with Crippen LogP contribution in [0.2, 0.25) is 0 Å². The van der Waals surface area contributed by atoms with Gasteiger partial charge < -0.3 is 33.5 Å². The number of fused-ring (bicyclic) bond motifs is 2. The van der Waals surface area contributed by atoms with E-state index in [9.17, 15) is 5.11 Å². The van der Waals surface area contributed by atoms with Gasteiger partial charge in [-0.2, -0.15) is 0 Å². The molecular formula is C69H102O7. The molecule has 2 aliphatic carbocycles. The summed E-state index contributed by atoms with van der Waals surface area (Å²) >= 11 is 0. The highest BCUT2D eigenvalue weighted by molar-refractivity contribution is 5.53. The van der Waals surface area contributed by atoms with Gasteiger partial charge in [-0.05, 0) is 125 Å². The maximum Gasteiger partial charge on any atom is 0.119 e. The average molecular weight is 1040 g/mol. The molecule has 0 aromatic heterocycles. The van der Waals surface area contributed by atoms with Gasteiger partial charge >= 0.3 is 0 Å². The fourth-order valence-electron chi connectivity index (χ4n) is 8.92. The minimum atomic E-state index is -0.433. The molecule has 0 saturated carbocycles. The number of benzene rings is 6. The number of hydrogen-bond acceptors (Lipinski definition) is 7. The van der Waals surface area contributed by atoms with E-state index in [2.05, 4.69) is 133 Å². The Hall–Kier alpha value is -5.60. The third-order valence-electron chi connectivity index (χ3n) is 12.7. The summed E-state index contributed by atoms with van der Waals surface area (Å²) < 4.78 is 33.3. The smallest absolute Gasteiger partial charge is 0.119 e. The quantitative estimate of drug-likeness (QED) is 0.103. The van der Waals surface area contributed by atoms with Gasteiger partial charge in [0, 0.05) is 10.8 Å². The van der Waals surface area contributed by atoms with Crippen molar-refractivity contribution in [2.75, 3.05) is 40.1 Å². The summed E-state index contributed by atoms with van der Waals surface area (Å²) in [5.41, 5.74) is 10.7. The van der Waals surface area contributed by atoms with Crippen molar-refractivity contribution < 1.29 is 33.5 Å². The van der Waals surface area contributed by atoms with Gasteiger partial charge in [-0.3, -0.25) is 0 Å². The second kappa shape index (κ2) is 38.9. The van der Waals surface area contributed by atoms with Crippen LogP contribution in [0.25, 0.3) is 0 Å². The lowest BCUT2D eigenvalue weighted by molar-refractivity contribution is 0.104. The third kappa shape index (κ3) is 19.8. The Morgan fingerprint density at radius 1 is 0.408 bits per heavy atom. The first kappa shape index (κ1) is 68.4. The lowest BCUT2D eigenvalue weighted by atomic mass is 9.72. The molecule has 3 atom stereocenters. The van der Waals surface area contributed by atoms with Crippen LogP contribution in [0.5, 0.6) is 23.0 Å². The van der Waals surface area contributed by atoms with Crippen molar-refractivity contribution in [1.82, 2.24) is 0 Å². The van der Waals surface area contributed by atoms with Crippen LogP contribution in [-0.4, -0.2) is 63.6 Å². The Balaban J connectivity index is 0.000000605. The molecule has 7 nitrogen and oxygen atoms in total. The van der Waals surface area contributed by atoms with Crippen molar-refractivity contribution in [3.8, 4) is 23.0 Å². The van der Waals surface area contributed by atoms with Crippen LogP contribution in [0.15, 0.2) is 146 Å². The molecule has 0 bridgehead atoms. The first-order valence-corrected chi connectivity index (χ1v) is 29.3. The van der Waals surface area contributed by atoms with Crippen LogP contribution < -0.4 is 18.9 Å². The third-order valence-corrected chi connectivity index (χ3v) is 12.7. The number of aliphatic hydroxyl groups excluding tert-OH is 1. The normalized spacial score (nSPS) is 15.8. The molecule has 1 N–H and O–H groups in total. The maximum absolute atomic E-state index is 9.79. The van der Waals surface area contributed by atoms with E-state index in [4.69, 9.17) is 28.4 Å². The Kier molecular flexibility index (Phi) is 35.0. The van der Waals surface area contributed by atoms with E-state index in [1.54, 1.807) is 7.11 Å². The monoisotopic (exact) mass is 1040 g/mol. The van der Waals surface area contributed by atoms with Crippen molar-refractivity contribution in [2.24, 2.45) is 0 Å². The van der Waals surface area contributed by atoms with Crippen molar-refractivity contribution in [3.05, 3.63) is 190 Å². The number of ether oxygens (including phenoxy) is 6. The van der Waals surface area contributed by atoms with Crippen molar-refractivity contribution in [3.63, 3.8) is 0 Å². The first-order chi connectivity index (χ1) is 37.4. The summed E-state index contributed by atoms with van der Waals surface area (Å²) in [5, 5.41) is 9.79. The minimum absolute atomic E-state index is 0.0614. The molecule has 2 heterocycles. The molecule has 76 heavy (non-hydrogen) atoms. The first-order valence-electron chi connectivity index (χ1n) is 29.3. The molecule has 0 spiro atoms. The van der Waals surface area contributed by atoms with Gasteiger partial charge in [0.1, 0.15) is 55.0 Å². The summed E-state index contributed by atoms with van der Waals surface area (Å²) in [4.78, 5) is 0. The van der Waals surface area contributed by atoms with Gasteiger partial charge in [0.25, 0.3) is 0 Å². The van der Waals surface area contributed by atoms with Gasteiger partial charge in [0.2, 0.25) is 0 Å². The Morgan fingerprint density at radius 2 is 0.658 bits per heavy atom. The number of epoxide rings is 2. The lowest BCUT2D eigenvalue weighted by Gasteiger charge is -2.31. The van der Waals surface area contributed by atoms with Crippen LogP contribution >= 0.6 is 0 Å². The zero-order valence-electron chi connectivity index (χ0n) is 50.6. The summed E-state index contributed by atoms with van der Waals surface area (Å²) in [5.74, 6) is 3.46. The molecule has 10 rings (SSSR count). The van der Waals surface area contributed by atoms with Crippen LogP contribution in [0.4, 0.5) is 0 Å². The predicted molar refractivity (Wildman–Crippen MR) is 325 cm³/mol. The lowest BCUT2D eigenvalue weighted by Crippen LogP contribution is -2.28. The van der Waals surface area contributed by atoms with E-state index >= 15 is 0 Å². The molecular weight excluding hydrogens is 941 g/mol. The van der Waals surface area contributed by atoms with Crippen molar-refractivity contribution in [2.45, 2.75) is 179 Å². The Labute approximate surface area is 463 Å². The molecule has 6 aromatic rings. The highest BCUT2D eigenvalue weighted by atomic mass is 16.6. The number of rotatable bonds is 15. The van der Waals surface area contributed by atoms with E-state index in [0.717, 1.165) is 61.9 Å². The molecule has 4 aliphatic rings. The molecule has 2 saturated heterocycles. The zero-order chi connectivity index (χ0) is 56.9. The largest absolute Gasteiger partial charge is 0.497 e. The Morgan fingerprint density at radius 3 is 0.895 bits per heavy atom. The SMILES string of the molecule is CC.CC.CC.CC.CC.CC.CC.CC.CCC(O)COc1ccc(C2(c3ccc(OCC4CO4)cc3)Cc3ccccc3C2)cc1.COc1ccc(C2(c3ccc(OCC4CO4)cc3)Cc3ccccc3C2)cc1. The zero-order valence-corrected chi connectivity index (χ0v) is 50.6. The van der Waals surface area contributed by atoms with E-state index in [1.165, 1.54) is 44.5 Å². The fraction of sp³-hybridized carbons (Fsp3) is 0.478. The summed E-state index contributed by atoms with van der Waals surface area (Å²) in [7, 11) is 1.71. The highest BCUT2D eigenvalue weighted by Gasteiger charge is 2.41. The van der Waals surface area contributed by atoms with Crippen LogP contribution in [0.3, 0.4) is 0 Å². The van der Waals surface area contributed by atoms with Crippen LogP contribution in [0.1, 0.15) is 169 Å². The molecule has 3 unspecified atom stereocenters. The van der Waals surface area contributed by atoms with Gasteiger partial charge in [-0.15, -0.1) is 0 Å². The molecule has 7 heteroatoms. The molecule has 6 aromatic carbocycles. The van der Waals surface area contributed by atoms with Gasteiger partial charge in [0.05, 0.1) is 26.4 Å². The summed E-state index contributed by atoms with van der Waals surface area (Å²) in [6, 6.07) is 51.7. The highest BCUT2D eigenvalue weighted by Crippen LogP contribution is 2.47. The van der Waals surface area contributed by atoms with Crippen LogP contribution in [-0.2, 0) is 46.0 Å². The van der Waals surface area contributed by atoms with E-state index in [1.807, 2.05) is 130 Å². The van der Waals surface area contributed by atoms with Crippen molar-refractivity contribution in [1.29, 1.82) is 0 Å². The fourth-order valence-corrected chi connectivity index (χ4v) is 8.92. The molecule has 420 valence electrons. The van der Waals surface area contributed by atoms with Crippen molar-refractivity contribution >= 4 is 0 Å². The topological polar surface area (TPSA) is 82.2 Å². The van der Waals surface area contributed by atoms with Crippen LogP contribution in [0, 0.1) is 0 Å². The maximum atomic E-state index is 9.79. The molecule has 2 fully saturated rings. The summed E-state index contributed by atoms with van der Waals surface area (Å²) in [6.45, 7) is 37.1.